The molecule has 0 unspecified atom stereocenters. The SMILES string of the molecule is O=C(C=Cc1ccc2c(c1)CCO2)N(CCN1CCOCC1)c1ccccc1. The van der Waals surface area contributed by atoms with E-state index in [4.69, 9.17) is 9.47 Å². The average molecular weight is 378 g/mol. The highest BCUT2D eigenvalue weighted by Crippen LogP contribution is 2.26. The van der Waals surface area contributed by atoms with Crippen LogP contribution in [0.3, 0.4) is 0 Å². The van der Waals surface area contributed by atoms with Gasteiger partial charge in [-0.25, -0.2) is 0 Å². The van der Waals surface area contributed by atoms with Gasteiger partial charge in [0.2, 0.25) is 0 Å². The van der Waals surface area contributed by atoms with E-state index in [9.17, 15) is 4.79 Å². The Morgan fingerprint density at radius 1 is 1.07 bits per heavy atom. The van der Waals surface area contributed by atoms with E-state index in [0.717, 1.165) is 62.9 Å². The number of fused-ring (bicyclic) bond motifs is 1. The number of nitrogens with zero attached hydrogens (tertiary/aromatic N) is 2. The maximum atomic E-state index is 13.0. The molecule has 2 aliphatic rings. The molecule has 1 fully saturated rings. The molecule has 0 atom stereocenters. The molecule has 0 aromatic heterocycles. The van der Waals surface area contributed by atoms with Crippen LogP contribution in [0.2, 0.25) is 0 Å². The van der Waals surface area contributed by atoms with Gasteiger partial charge in [0, 0.05) is 44.4 Å². The molecule has 1 amide bonds. The molecule has 2 aromatic carbocycles. The highest BCUT2D eigenvalue weighted by molar-refractivity contribution is 6.03. The minimum atomic E-state index is -0.00351. The van der Waals surface area contributed by atoms with Gasteiger partial charge in [-0.2, -0.15) is 0 Å². The van der Waals surface area contributed by atoms with Crippen LogP contribution in [0.5, 0.6) is 5.75 Å². The Bertz CT molecular complexity index is 829. The zero-order valence-electron chi connectivity index (χ0n) is 16.0. The highest BCUT2D eigenvalue weighted by Gasteiger charge is 2.17. The Labute approximate surface area is 166 Å². The summed E-state index contributed by atoms with van der Waals surface area (Å²) in [4.78, 5) is 17.2. The lowest BCUT2D eigenvalue weighted by atomic mass is 10.1. The summed E-state index contributed by atoms with van der Waals surface area (Å²) in [6.07, 6.45) is 4.50. The van der Waals surface area contributed by atoms with Gasteiger partial charge in [-0.05, 0) is 41.5 Å². The lowest BCUT2D eigenvalue weighted by Gasteiger charge is -2.29. The van der Waals surface area contributed by atoms with Crippen LogP contribution in [0.4, 0.5) is 5.69 Å². The fourth-order valence-corrected chi connectivity index (χ4v) is 3.61. The van der Waals surface area contributed by atoms with Crippen molar-refractivity contribution in [3.05, 3.63) is 65.7 Å². The third-order valence-electron chi connectivity index (χ3n) is 5.21. The van der Waals surface area contributed by atoms with Gasteiger partial charge in [-0.3, -0.25) is 9.69 Å². The molecule has 28 heavy (non-hydrogen) atoms. The number of amides is 1. The second-order valence-corrected chi connectivity index (χ2v) is 7.08. The third-order valence-corrected chi connectivity index (χ3v) is 5.21. The fraction of sp³-hybridized carbons (Fsp3) is 0.348. The molecule has 0 saturated carbocycles. The number of anilines is 1. The molecule has 146 valence electrons. The number of benzene rings is 2. The number of hydrogen-bond acceptors (Lipinski definition) is 4. The largest absolute Gasteiger partial charge is 0.493 e. The predicted molar refractivity (Wildman–Crippen MR) is 111 cm³/mol. The normalized spacial score (nSPS) is 16.7. The summed E-state index contributed by atoms with van der Waals surface area (Å²) in [6, 6.07) is 16.0. The van der Waals surface area contributed by atoms with Crippen LogP contribution in [-0.4, -0.2) is 56.8 Å². The van der Waals surface area contributed by atoms with Gasteiger partial charge in [-0.1, -0.05) is 24.3 Å². The molecule has 0 N–H and O–H groups in total. The number of hydrogen-bond donors (Lipinski definition) is 0. The lowest BCUT2D eigenvalue weighted by molar-refractivity contribution is -0.114. The van der Waals surface area contributed by atoms with Gasteiger partial charge < -0.3 is 14.4 Å². The summed E-state index contributed by atoms with van der Waals surface area (Å²) in [5.74, 6) is 0.955. The first-order valence-electron chi connectivity index (χ1n) is 9.90. The molecular formula is C23H26N2O3. The summed E-state index contributed by atoms with van der Waals surface area (Å²) >= 11 is 0. The van der Waals surface area contributed by atoms with Crippen molar-refractivity contribution in [3.63, 3.8) is 0 Å². The van der Waals surface area contributed by atoms with E-state index in [1.165, 1.54) is 5.56 Å². The molecule has 2 aliphatic heterocycles. The number of ether oxygens (including phenoxy) is 2. The molecule has 5 nitrogen and oxygen atoms in total. The van der Waals surface area contributed by atoms with Crippen LogP contribution in [-0.2, 0) is 16.0 Å². The van der Waals surface area contributed by atoms with Crippen molar-refractivity contribution in [2.75, 3.05) is 50.9 Å². The molecule has 2 aromatic rings. The standard InChI is InChI=1S/C23H26N2O3/c26-23(9-7-19-6-8-22-20(18-19)10-15-28-22)25(21-4-2-1-3-5-21)12-11-24-13-16-27-17-14-24/h1-9,18H,10-17H2. The van der Waals surface area contributed by atoms with Crippen molar-refractivity contribution >= 4 is 17.7 Å². The fourth-order valence-electron chi connectivity index (χ4n) is 3.61. The van der Waals surface area contributed by atoms with E-state index in [1.807, 2.05) is 53.4 Å². The summed E-state index contributed by atoms with van der Waals surface area (Å²) in [6.45, 7) is 5.61. The predicted octanol–water partition coefficient (Wildman–Crippen LogP) is 3.00. The number of carbonyl (C=O) groups excluding carboxylic acids is 1. The second-order valence-electron chi connectivity index (χ2n) is 7.08. The first-order valence-corrected chi connectivity index (χ1v) is 9.90. The minimum Gasteiger partial charge on any atom is -0.493 e. The van der Waals surface area contributed by atoms with Crippen LogP contribution in [0.1, 0.15) is 11.1 Å². The van der Waals surface area contributed by atoms with E-state index in [2.05, 4.69) is 11.0 Å². The topological polar surface area (TPSA) is 42.0 Å². The Kier molecular flexibility index (Phi) is 6.04. The van der Waals surface area contributed by atoms with Crippen molar-refractivity contribution in [2.24, 2.45) is 0 Å². The molecule has 2 heterocycles. The van der Waals surface area contributed by atoms with Gasteiger partial charge in [0.25, 0.3) is 5.91 Å². The number of rotatable bonds is 6. The highest BCUT2D eigenvalue weighted by atomic mass is 16.5. The van der Waals surface area contributed by atoms with Crippen LogP contribution < -0.4 is 9.64 Å². The molecule has 0 radical (unpaired) electrons. The molecule has 4 rings (SSSR count). The van der Waals surface area contributed by atoms with Gasteiger partial charge in [0.1, 0.15) is 5.75 Å². The first kappa shape index (κ1) is 18.7. The van der Waals surface area contributed by atoms with E-state index < -0.39 is 0 Å². The minimum absolute atomic E-state index is 0.00351. The summed E-state index contributed by atoms with van der Waals surface area (Å²) in [5.41, 5.74) is 3.16. The maximum absolute atomic E-state index is 13.0. The maximum Gasteiger partial charge on any atom is 0.251 e. The third kappa shape index (κ3) is 4.61. The van der Waals surface area contributed by atoms with E-state index >= 15 is 0 Å². The molecule has 0 spiro atoms. The van der Waals surface area contributed by atoms with Gasteiger partial charge in [-0.15, -0.1) is 0 Å². The van der Waals surface area contributed by atoms with E-state index in [0.29, 0.717) is 6.54 Å². The molecular weight excluding hydrogens is 352 g/mol. The van der Waals surface area contributed by atoms with Crippen molar-refractivity contribution in [2.45, 2.75) is 6.42 Å². The van der Waals surface area contributed by atoms with Crippen LogP contribution >= 0.6 is 0 Å². The molecule has 0 bridgehead atoms. The Morgan fingerprint density at radius 3 is 2.71 bits per heavy atom. The Morgan fingerprint density at radius 2 is 1.89 bits per heavy atom. The van der Waals surface area contributed by atoms with Crippen molar-refractivity contribution < 1.29 is 14.3 Å². The smallest absolute Gasteiger partial charge is 0.251 e. The van der Waals surface area contributed by atoms with E-state index in [-0.39, 0.29) is 5.91 Å². The first-order chi connectivity index (χ1) is 13.8. The van der Waals surface area contributed by atoms with Gasteiger partial charge in [0.05, 0.1) is 19.8 Å². The van der Waals surface area contributed by atoms with Crippen LogP contribution in [0, 0.1) is 0 Å². The molecule has 0 aliphatic carbocycles. The van der Waals surface area contributed by atoms with Crippen molar-refractivity contribution in [1.82, 2.24) is 4.90 Å². The average Bonchev–Trinajstić information content (AvgIpc) is 3.22. The van der Waals surface area contributed by atoms with Crippen molar-refractivity contribution in [3.8, 4) is 5.75 Å². The van der Waals surface area contributed by atoms with Crippen LogP contribution in [0.25, 0.3) is 6.08 Å². The Balaban J connectivity index is 1.46. The number of morpholine rings is 1. The van der Waals surface area contributed by atoms with Gasteiger partial charge in [0.15, 0.2) is 0 Å². The number of carbonyl (C=O) groups is 1. The summed E-state index contributed by atoms with van der Waals surface area (Å²) < 4.78 is 11.0. The molecule has 5 heteroatoms. The Hall–Kier alpha value is -2.63. The zero-order chi connectivity index (χ0) is 19.2. The van der Waals surface area contributed by atoms with Crippen LogP contribution in [0.15, 0.2) is 54.6 Å². The second kappa shape index (κ2) is 9.04. The summed E-state index contributed by atoms with van der Waals surface area (Å²) in [5, 5.41) is 0. The number of para-hydroxylation sites is 1. The lowest BCUT2D eigenvalue weighted by Crippen LogP contribution is -2.42. The zero-order valence-corrected chi connectivity index (χ0v) is 16.0. The monoisotopic (exact) mass is 378 g/mol. The van der Waals surface area contributed by atoms with Gasteiger partial charge >= 0.3 is 0 Å². The quantitative estimate of drug-likeness (QED) is 0.725. The van der Waals surface area contributed by atoms with Crippen molar-refractivity contribution in [1.29, 1.82) is 0 Å². The van der Waals surface area contributed by atoms with E-state index in [1.54, 1.807) is 6.08 Å². The summed E-state index contributed by atoms with van der Waals surface area (Å²) in [7, 11) is 0. The molecule has 1 saturated heterocycles.